The number of H-pyrrole nitrogens is 1. The van der Waals surface area contributed by atoms with Crippen LogP contribution < -0.4 is 5.32 Å². The Hall–Kier alpha value is -2.69. The van der Waals surface area contributed by atoms with Gasteiger partial charge in [0, 0.05) is 16.5 Å². The summed E-state index contributed by atoms with van der Waals surface area (Å²) in [6, 6.07) is 15.5. The molecule has 0 spiro atoms. The lowest BCUT2D eigenvalue weighted by Gasteiger charge is -2.13. The third kappa shape index (κ3) is 4.44. The van der Waals surface area contributed by atoms with E-state index < -0.39 is 6.43 Å². The molecule has 0 bridgehead atoms. The zero-order valence-corrected chi connectivity index (χ0v) is 14.5. The summed E-state index contributed by atoms with van der Waals surface area (Å²) >= 11 is 0. The minimum atomic E-state index is -2.53. The number of halogens is 2. The minimum Gasteiger partial charge on any atom is -0.351 e. The maximum absolute atomic E-state index is 12.7. The van der Waals surface area contributed by atoms with Gasteiger partial charge in [-0.1, -0.05) is 56.3 Å². The van der Waals surface area contributed by atoms with Crippen molar-refractivity contribution in [2.24, 2.45) is 0 Å². The lowest BCUT2D eigenvalue weighted by Crippen LogP contribution is -2.26. The highest BCUT2D eigenvalue weighted by Crippen LogP contribution is 2.24. The van der Waals surface area contributed by atoms with E-state index in [1.165, 1.54) is 12.1 Å². The molecule has 3 nitrogen and oxygen atoms in total. The molecular formula is C20H22F2N2O. The van der Waals surface area contributed by atoms with Crippen LogP contribution in [0.15, 0.2) is 54.6 Å². The monoisotopic (exact) mass is 344 g/mol. The van der Waals surface area contributed by atoms with Crippen LogP contribution in [0.5, 0.6) is 0 Å². The van der Waals surface area contributed by atoms with Gasteiger partial charge in [-0.2, -0.15) is 0 Å². The van der Waals surface area contributed by atoms with Crippen LogP contribution in [0.25, 0.3) is 10.9 Å². The van der Waals surface area contributed by atoms with Crippen LogP contribution in [-0.4, -0.2) is 10.9 Å². The van der Waals surface area contributed by atoms with Crippen molar-refractivity contribution in [3.05, 3.63) is 71.4 Å². The number of carbonyl (C=O) groups is 1. The number of hydrogen-bond acceptors (Lipinski definition) is 1. The largest absolute Gasteiger partial charge is 0.351 e. The molecule has 2 aromatic carbocycles. The van der Waals surface area contributed by atoms with Gasteiger partial charge in [0.15, 0.2) is 0 Å². The number of amides is 1. The predicted octanol–water partition coefficient (Wildman–Crippen LogP) is 5.62. The number of hydrogen-bond donors (Lipinski definition) is 2. The van der Waals surface area contributed by atoms with Gasteiger partial charge in [-0.25, -0.2) is 8.78 Å². The SMILES string of the molecule is CC.C[C@@H](NC(=O)c1cc2ccc(C(F)F)cc2[nH]1)c1ccccc1. The Morgan fingerprint density at radius 3 is 2.32 bits per heavy atom. The van der Waals surface area contributed by atoms with Gasteiger partial charge in [0.05, 0.1) is 6.04 Å². The topological polar surface area (TPSA) is 44.9 Å². The first-order valence-corrected chi connectivity index (χ1v) is 8.31. The van der Waals surface area contributed by atoms with E-state index in [2.05, 4.69) is 10.3 Å². The van der Waals surface area contributed by atoms with E-state index in [0.717, 1.165) is 10.9 Å². The van der Waals surface area contributed by atoms with Gasteiger partial charge in [-0.3, -0.25) is 4.79 Å². The van der Waals surface area contributed by atoms with Gasteiger partial charge in [0.1, 0.15) is 5.69 Å². The van der Waals surface area contributed by atoms with Crippen molar-refractivity contribution in [1.29, 1.82) is 0 Å². The summed E-state index contributed by atoms with van der Waals surface area (Å²) < 4.78 is 25.5. The van der Waals surface area contributed by atoms with Crippen molar-refractivity contribution in [3.8, 4) is 0 Å². The number of alkyl halides is 2. The Bertz CT molecular complexity index is 828. The molecule has 1 aromatic heterocycles. The van der Waals surface area contributed by atoms with E-state index >= 15 is 0 Å². The van der Waals surface area contributed by atoms with Crippen LogP contribution in [0.4, 0.5) is 8.78 Å². The van der Waals surface area contributed by atoms with Gasteiger partial charge >= 0.3 is 0 Å². The number of aromatic nitrogens is 1. The third-order valence-corrected chi connectivity index (χ3v) is 3.79. The minimum absolute atomic E-state index is 0.0658. The highest BCUT2D eigenvalue weighted by Gasteiger charge is 2.15. The van der Waals surface area contributed by atoms with E-state index in [1.807, 2.05) is 51.1 Å². The number of carbonyl (C=O) groups excluding carboxylic acids is 1. The van der Waals surface area contributed by atoms with Gasteiger partial charge in [0.25, 0.3) is 12.3 Å². The smallest absolute Gasteiger partial charge is 0.268 e. The molecule has 0 aliphatic heterocycles. The maximum atomic E-state index is 12.7. The van der Waals surface area contributed by atoms with Gasteiger partial charge < -0.3 is 10.3 Å². The van der Waals surface area contributed by atoms with Gasteiger partial charge in [-0.15, -0.1) is 0 Å². The van der Waals surface area contributed by atoms with Crippen LogP contribution in [0.3, 0.4) is 0 Å². The van der Waals surface area contributed by atoms with E-state index in [-0.39, 0.29) is 17.5 Å². The molecule has 1 amide bonds. The van der Waals surface area contributed by atoms with Crippen molar-refractivity contribution >= 4 is 16.8 Å². The molecule has 0 saturated carbocycles. The first kappa shape index (κ1) is 18.6. The van der Waals surface area contributed by atoms with Crippen LogP contribution in [0.1, 0.15) is 54.9 Å². The first-order chi connectivity index (χ1) is 12.0. The number of nitrogens with one attached hydrogen (secondary N) is 2. The molecular weight excluding hydrogens is 322 g/mol. The number of rotatable bonds is 4. The third-order valence-electron chi connectivity index (χ3n) is 3.79. The molecule has 3 rings (SSSR count). The molecule has 5 heteroatoms. The molecule has 0 aliphatic rings. The van der Waals surface area contributed by atoms with E-state index in [9.17, 15) is 13.6 Å². The predicted molar refractivity (Wildman–Crippen MR) is 96.9 cm³/mol. The summed E-state index contributed by atoms with van der Waals surface area (Å²) in [5.74, 6) is -0.267. The lowest BCUT2D eigenvalue weighted by atomic mass is 10.1. The summed E-state index contributed by atoms with van der Waals surface area (Å²) in [6.07, 6.45) is -2.53. The Kier molecular flexibility index (Phi) is 6.28. The molecule has 1 atom stereocenters. The maximum Gasteiger partial charge on any atom is 0.268 e. The molecule has 1 heterocycles. The molecule has 0 aliphatic carbocycles. The number of fused-ring (bicyclic) bond motifs is 1. The summed E-state index contributed by atoms with van der Waals surface area (Å²) in [5, 5.41) is 3.62. The molecule has 0 radical (unpaired) electrons. The zero-order chi connectivity index (χ0) is 18.4. The number of aromatic amines is 1. The second kappa shape index (κ2) is 8.42. The van der Waals surface area contributed by atoms with E-state index in [4.69, 9.17) is 0 Å². The molecule has 0 fully saturated rings. The fourth-order valence-electron chi connectivity index (χ4n) is 2.50. The molecule has 0 unspecified atom stereocenters. The van der Waals surface area contributed by atoms with Crippen LogP contribution in [0, 0.1) is 0 Å². The first-order valence-electron chi connectivity index (χ1n) is 8.31. The van der Waals surface area contributed by atoms with Crippen LogP contribution in [-0.2, 0) is 0 Å². The van der Waals surface area contributed by atoms with Crippen molar-refractivity contribution in [2.75, 3.05) is 0 Å². The normalized spacial score (nSPS) is 11.8. The Morgan fingerprint density at radius 1 is 1.00 bits per heavy atom. The van der Waals surface area contributed by atoms with Crippen molar-refractivity contribution in [3.63, 3.8) is 0 Å². The fraction of sp³-hybridized carbons (Fsp3) is 0.250. The van der Waals surface area contributed by atoms with Crippen molar-refractivity contribution in [2.45, 2.75) is 33.2 Å². The Morgan fingerprint density at radius 2 is 1.68 bits per heavy atom. The van der Waals surface area contributed by atoms with Crippen LogP contribution in [0.2, 0.25) is 0 Å². The second-order valence-corrected chi connectivity index (χ2v) is 5.44. The van der Waals surface area contributed by atoms with Crippen molar-refractivity contribution in [1.82, 2.24) is 10.3 Å². The molecule has 3 aromatic rings. The number of benzene rings is 2. The average molecular weight is 344 g/mol. The quantitative estimate of drug-likeness (QED) is 0.633. The lowest BCUT2D eigenvalue weighted by molar-refractivity contribution is 0.0935. The summed E-state index contributed by atoms with van der Waals surface area (Å²) in [4.78, 5) is 15.2. The molecule has 0 saturated heterocycles. The van der Waals surface area contributed by atoms with E-state index in [0.29, 0.717) is 11.2 Å². The Balaban J connectivity index is 0.00000109. The van der Waals surface area contributed by atoms with Gasteiger partial charge in [0.2, 0.25) is 0 Å². The van der Waals surface area contributed by atoms with Crippen molar-refractivity contribution < 1.29 is 13.6 Å². The summed E-state index contributed by atoms with van der Waals surface area (Å²) in [6.45, 7) is 5.89. The van der Waals surface area contributed by atoms with E-state index in [1.54, 1.807) is 12.1 Å². The highest BCUT2D eigenvalue weighted by molar-refractivity contribution is 5.98. The summed E-state index contributed by atoms with van der Waals surface area (Å²) in [7, 11) is 0. The van der Waals surface area contributed by atoms with Gasteiger partial charge in [-0.05, 0) is 24.6 Å². The zero-order valence-electron chi connectivity index (χ0n) is 14.5. The summed E-state index contributed by atoms with van der Waals surface area (Å²) in [5.41, 5.74) is 1.82. The second-order valence-electron chi connectivity index (χ2n) is 5.44. The highest BCUT2D eigenvalue weighted by atomic mass is 19.3. The molecule has 2 N–H and O–H groups in total. The molecule has 132 valence electrons. The average Bonchev–Trinajstić information content (AvgIpc) is 3.07. The Labute approximate surface area is 146 Å². The fourth-order valence-corrected chi connectivity index (χ4v) is 2.50. The molecule has 25 heavy (non-hydrogen) atoms. The standard InChI is InChI=1S/C18H16F2N2O.C2H6/c1-11(12-5-3-2-4-6-12)21-18(23)16-9-13-7-8-14(17(19)20)10-15(13)22-16;1-2/h2-11,17,22H,1H3,(H,21,23);1-2H3/t11-;/m1./s1. The van der Waals surface area contributed by atoms with Crippen LogP contribution >= 0.6 is 0 Å².